The second-order valence-electron chi connectivity index (χ2n) is 3.07. The van der Waals surface area contributed by atoms with Crippen LogP contribution in [-0.4, -0.2) is 28.5 Å². The van der Waals surface area contributed by atoms with Gasteiger partial charge in [0, 0.05) is 26.0 Å². The molecule has 5 nitrogen and oxygen atoms in total. The third-order valence-corrected chi connectivity index (χ3v) is 1.80. The molecule has 0 aromatic carbocycles. The Morgan fingerprint density at radius 3 is 3.00 bits per heavy atom. The average Bonchev–Trinajstić information content (AvgIpc) is 2.58. The molecule has 0 radical (unpaired) electrons. The van der Waals surface area contributed by atoms with Crippen LogP contribution in [0, 0.1) is 0 Å². The number of nitrogens with one attached hydrogen (secondary N) is 2. The van der Waals surface area contributed by atoms with Crippen LogP contribution in [0.25, 0.3) is 0 Å². The van der Waals surface area contributed by atoms with E-state index in [4.69, 9.17) is 0 Å². The van der Waals surface area contributed by atoms with Gasteiger partial charge in [0.05, 0.1) is 6.54 Å². The van der Waals surface area contributed by atoms with Crippen molar-refractivity contribution in [2.24, 2.45) is 7.05 Å². The summed E-state index contributed by atoms with van der Waals surface area (Å²) in [6.07, 6.45) is 4.46. The summed E-state index contributed by atoms with van der Waals surface area (Å²) >= 11 is 0. The normalized spacial score (nSPS) is 9.86. The SMILES string of the molecule is CCCNC(=O)CNc1nccn1C. The van der Waals surface area contributed by atoms with Gasteiger partial charge in [0.1, 0.15) is 0 Å². The van der Waals surface area contributed by atoms with Crippen molar-refractivity contribution in [3.8, 4) is 0 Å². The first-order chi connectivity index (χ1) is 6.74. The summed E-state index contributed by atoms with van der Waals surface area (Å²) in [5.41, 5.74) is 0. The smallest absolute Gasteiger partial charge is 0.239 e. The minimum Gasteiger partial charge on any atom is -0.355 e. The summed E-state index contributed by atoms with van der Waals surface area (Å²) in [7, 11) is 1.87. The fourth-order valence-electron chi connectivity index (χ4n) is 1.02. The van der Waals surface area contributed by atoms with Gasteiger partial charge in [-0.3, -0.25) is 4.79 Å². The minimum atomic E-state index is -0.00477. The van der Waals surface area contributed by atoms with Crippen LogP contribution in [0.15, 0.2) is 12.4 Å². The van der Waals surface area contributed by atoms with Gasteiger partial charge in [0.25, 0.3) is 0 Å². The molecule has 14 heavy (non-hydrogen) atoms. The summed E-state index contributed by atoms with van der Waals surface area (Å²) in [5, 5.41) is 5.72. The number of imidazole rings is 1. The lowest BCUT2D eigenvalue weighted by Crippen LogP contribution is -2.30. The molecule has 0 atom stereocenters. The molecule has 0 aliphatic heterocycles. The van der Waals surface area contributed by atoms with Gasteiger partial charge >= 0.3 is 0 Å². The van der Waals surface area contributed by atoms with Crippen LogP contribution in [-0.2, 0) is 11.8 Å². The Balaban J connectivity index is 2.27. The molecule has 0 bridgehead atoms. The van der Waals surface area contributed by atoms with Crippen LogP contribution in [0.5, 0.6) is 0 Å². The number of aryl methyl sites for hydroxylation is 1. The van der Waals surface area contributed by atoms with Gasteiger partial charge in [-0.25, -0.2) is 4.98 Å². The number of amides is 1. The number of anilines is 1. The quantitative estimate of drug-likeness (QED) is 0.714. The number of aromatic nitrogens is 2. The lowest BCUT2D eigenvalue weighted by Gasteiger charge is -2.06. The van der Waals surface area contributed by atoms with Crippen LogP contribution in [0.1, 0.15) is 13.3 Å². The van der Waals surface area contributed by atoms with E-state index in [-0.39, 0.29) is 12.5 Å². The second-order valence-corrected chi connectivity index (χ2v) is 3.07. The Morgan fingerprint density at radius 1 is 1.64 bits per heavy atom. The third kappa shape index (κ3) is 3.08. The zero-order valence-electron chi connectivity index (χ0n) is 8.58. The van der Waals surface area contributed by atoms with Crippen LogP contribution in [0.2, 0.25) is 0 Å². The molecule has 0 saturated carbocycles. The number of carbonyl (C=O) groups excluding carboxylic acids is 1. The van der Waals surface area contributed by atoms with Crippen molar-refractivity contribution in [1.29, 1.82) is 0 Å². The lowest BCUT2D eigenvalue weighted by atomic mass is 10.4. The number of hydrogen-bond acceptors (Lipinski definition) is 3. The van der Waals surface area contributed by atoms with Crippen LogP contribution < -0.4 is 10.6 Å². The molecular weight excluding hydrogens is 180 g/mol. The highest BCUT2D eigenvalue weighted by atomic mass is 16.1. The van der Waals surface area contributed by atoms with Gasteiger partial charge in [-0.2, -0.15) is 0 Å². The number of nitrogens with zero attached hydrogens (tertiary/aromatic N) is 2. The van der Waals surface area contributed by atoms with Gasteiger partial charge in [0.15, 0.2) is 0 Å². The molecule has 0 aliphatic carbocycles. The van der Waals surface area contributed by atoms with Gasteiger partial charge < -0.3 is 15.2 Å². The van der Waals surface area contributed by atoms with Crippen LogP contribution >= 0.6 is 0 Å². The molecule has 1 aromatic rings. The highest BCUT2D eigenvalue weighted by Crippen LogP contribution is 1.98. The van der Waals surface area contributed by atoms with Crippen molar-refractivity contribution in [3.63, 3.8) is 0 Å². The van der Waals surface area contributed by atoms with Crippen molar-refractivity contribution in [1.82, 2.24) is 14.9 Å². The van der Waals surface area contributed by atoms with Crippen LogP contribution in [0.3, 0.4) is 0 Å². The van der Waals surface area contributed by atoms with Crippen molar-refractivity contribution < 1.29 is 4.79 Å². The highest BCUT2D eigenvalue weighted by molar-refractivity contribution is 5.80. The van der Waals surface area contributed by atoms with Gasteiger partial charge in [-0.1, -0.05) is 6.92 Å². The maximum absolute atomic E-state index is 11.2. The Hall–Kier alpha value is -1.52. The van der Waals surface area contributed by atoms with Gasteiger partial charge in [-0.15, -0.1) is 0 Å². The molecule has 78 valence electrons. The summed E-state index contributed by atoms with van der Waals surface area (Å²) < 4.78 is 1.83. The van der Waals surface area contributed by atoms with Crippen molar-refractivity contribution in [2.75, 3.05) is 18.4 Å². The van der Waals surface area contributed by atoms with Crippen LogP contribution in [0.4, 0.5) is 5.95 Å². The molecule has 1 aromatic heterocycles. The molecule has 2 N–H and O–H groups in total. The zero-order valence-corrected chi connectivity index (χ0v) is 8.58. The Bertz CT molecular complexity index is 295. The Morgan fingerprint density at radius 2 is 2.43 bits per heavy atom. The molecule has 1 heterocycles. The fraction of sp³-hybridized carbons (Fsp3) is 0.556. The van der Waals surface area contributed by atoms with E-state index in [2.05, 4.69) is 15.6 Å². The van der Waals surface area contributed by atoms with Crippen molar-refractivity contribution in [3.05, 3.63) is 12.4 Å². The van der Waals surface area contributed by atoms with E-state index in [1.165, 1.54) is 0 Å². The van der Waals surface area contributed by atoms with E-state index < -0.39 is 0 Å². The molecule has 0 aliphatic rings. The molecule has 0 spiro atoms. The monoisotopic (exact) mass is 196 g/mol. The maximum Gasteiger partial charge on any atom is 0.239 e. The minimum absolute atomic E-state index is 0.00477. The average molecular weight is 196 g/mol. The number of carbonyl (C=O) groups is 1. The molecule has 1 rings (SSSR count). The third-order valence-electron chi connectivity index (χ3n) is 1.80. The number of hydrogen-bond donors (Lipinski definition) is 2. The first-order valence-corrected chi connectivity index (χ1v) is 4.72. The van der Waals surface area contributed by atoms with E-state index >= 15 is 0 Å². The van der Waals surface area contributed by atoms with E-state index in [1.807, 2.05) is 24.7 Å². The van der Waals surface area contributed by atoms with E-state index in [1.54, 1.807) is 6.20 Å². The summed E-state index contributed by atoms with van der Waals surface area (Å²) in [5.74, 6) is 0.700. The molecule has 0 fully saturated rings. The zero-order chi connectivity index (χ0) is 10.4. The summed E-state index contributed by atoms with van der Waals surface area (Å²) in [6, 6.07) is 0. The molecule has 1 amide bonds. The van der Waals surface area contributed by atoms with E-state index in [0.29, 0.717) is 5.95 Å². The standard InChI is InChI=1S/C9H16N4O/c1-3-4-10-8(14)7-12-9-11-5-6-13(9)2/h5-6H,3-4,7H2,1-2H3,(H,10,14)(H,11,12). The first kappa shape index (κ1) is 10.6. The van der Waals surface area contributed by atoms with E-state index in [0.717, 1.165) is 13.0 Å². The topological polar surface area (TPSA) is 59.0 Å². The molecular formula is C9H16N4O. The number of rotatable bonds is 5. The predicted octanol–water partition coefficient (Wildman–Crippen LogP) is 0.358. The van der Waals surface area contributed by atoms with Crippen molar-refractivity contribution >= 4 is 11.9 Å². The first-order valence-electron chi connectivity index (χ1n) is 4.72. The summed E-state index contributed by atoms with van der Waals surface area (Å²) in [4.78, 5) is 15.2. The fourth-order valence-corrected chi connectivity index (χ4v) is 1.02. The molecule has 5 heteroatoms. The maximum atomic E-state index is 11.2. The van der Waals surface area contributed by atoms with Gasteiger partial charge in [-0.05, 0) is 6.42 Å². The Labute approximate surface area is 83.5 Å². The largest absolute Gasteiger partial charge is 0.355 e. The summed E-state index contributed by atoms with van der Waals surface area (Å²) in [6.45, 7) is 3.01. The van der Waals surface area contributed by atoms with Crippen molar-refractivity contribution in [2.45, 2.75) is 13.3 Å². The molecule has 0 unspecified atom stereocenters. The van der Waals surface area contributed by atoms with Gasteiger partial charge in [0.2, 0.25) is 11.9 Å². The van der Waals surface area contributed by atoms with E-state index in [9.17, 15) is 4.79 Å². The predicted molar refractivity (Wildman–Crippen MR) is 55.0 cm³/mol. The highest BCUT2D eigenvalue weighted by Gasteiger charge is 2.01. The lowest BCUT2D eigenvalue weighted by molar-refractivity contribution is -0.119. The molecule has 0 saturated heterocycles. The Kier molecular flexibility index (Phi) is 3.97. The second kappa shape index (κ2) is 5.26.